The summed E-state index contributed by atoms with van der Waals surface area (Å²) in [5.41, 5.74) is 3.92. The molecule has 1 fully saturated rings. The lowest BCUT2D eigenvalue weighted by Crippen LogP contribution is -2.30. The Labute approximate surface area is 101 Å². The zero-order valence-electron chi connectivity index (χ0n) is 9.53. The van der Waals surface area contributed by atoms with E-state index in [1.807, 2.05) is 18.2 Å². The molecule has 1 aromatic carbocycles. The van der Waals surface area contributed by atoms with Crippen molar-refractivity contribution in [3.63, 3.8) is 0 Å². The quantitative estimate of drug-likeness (QED) is 0.628. The van der Waals surface area contributed by atoms with E-state index in [-0.39, 0.29) is 6.04 Å². The second-order valence-corrected chi connectivity index (χ2v) is 4.84. The fourth-order valence-electron chi connectivity index (χ4n) is 2.21. The average molecular weight is 241 g/mol. The summed E-state index contributed by atoms with van der Waals surface area (Å²) in [4.78, 5) is 0. The van der Waals surface area contributed by atoms with E-state index in [9.17, 15) is 0 Å². The van der Waals surface area contributed by atoms with Gasteiger partial charge in [0.1, 0.15) is 5.75 Å². The molecule has 0 aliphatic heterocycles. The number of nitrogens with one attached hydrogen (secondary N) is 1. The normalized spacial score (nSPS) is 25.2. The van der Waals surface area contributed by atoms with Crippen molar-refractivity contribution in [1.29, 1.82) is 0 Å². The second-order valence-electron chi connectivity index (χ2n) is 4.41. The molecule has 0 saturated heterocycles. The van der Waals surface area contributed by atoms with Crippen molar-refractivity contribution in [3.05, 3.63) is 28.8 Å². The molecule has 3 N–H and O–H groups in total. The summed E-state index contributed by atoms with van der Waals surface area (Å²) in [6, 6.07) is 5.77. The van der Waals surface area contributed by atoms with E-state index < -0.39 is 0 Å². The number of hydrogen-bond acceptors (Lipinski definition) is 3. The first-order valence-corrected chi connectivity index (χ1v) is 5.84. The molecule has 1 aliphatic carbocycles. The van der Waals surface area contributed by atoms with Gasteiger partial charge >= 0.3 is 0 Å². The SMILES string of the molecule is COc1ccc(Cl)cc1C(NN)C1CC1C. The highest BCUT2D eigenvalue weighted by Gasteiger charge is 2.40. The van der Waals surface area contributed by atoms with E-state index in [0.717, 1.165) is 11.3 Å². The molecule has 4 heteroatoms. The molecule has 0 radical (unpaired) electrons. The molecule has 3 unspecified atom stereocenters. The first kappa shape index (κ1) is 11.7. The molecule has 16 heavy (non-hydrogen) atoms. The third kappa shape index (κ3) is 2.17. The Bertz CT molecular complexity index is 383. The molecule has 0 aromatic heterocycles. The molecule has 88 valence electrons. The van der Waals surface area contributed by atoms with Gasteiger partial charge in [0.05, 0.1) is 13.2 Å². The van der Waals surface area contributed by atoms with Crippen LogP contribution in [0.3, 0.4) is 0 Å². The molecule has 2 rings (SSSR count). The van der Waals surface area contributed by atoms with Gasteiger partial charge in [0.15, 0.2) is 0 Å². The summed E-state index contributed by atoms with van der Waals surface area (Å²) in [7, 11) is 1.66. The Kier molecular flexibility index (Phi) is 3.38. The van der Waals surface area contributed by atoms with Crippen LogP contribution in [-0.4, -0.2) is 7.11 Å². The van der Waals surface area contributed by atoms with Crippen LogP contribution in [0.2, 0.25) is 5.02 Å². The predicted octanol–water partition coefficient (Wildman–Crippen LogP) is 2.51. The predicted molar refractivity (Wildman–Crippen MR) is 65.3 cm³/mol. The van der Waals surface area contributed by atoms with Crippen molar-refractivity contribution in [2.24, 2.45) is 17.7 Å². The lowest BCUT2D eigenvalue weighted by Gasteiger charge is -2.19. The molecular weight excluding hydrogens is 224 g/mol. The number of ether oxygens (including phenoxy) is 1. The minimum absolute atomic E-state index is 0.128. The van der Waals surface area contributed by atoms with Crippen LogP contribution in [0, 0.1) is 11.8 Å². The molecule has 3 nitrogen and oxygen atoms in total. The topological polar surface area (TPSA) is 47.3 Å². The van der Waals surface area contributed by atoms with Crippen LogP contribution < -0.4 is 16.0 Å². The fourth-order valence-corrected chi connectivity index (χ4v) is 2.39. The number of benzene rings is 1. The van der Waals surface area contributed by atoms with Crippen LogP contribution in [0.4, 0.5) is 0 Å². The van der Waals surface area contributed by atoms with Crippen molar-refractivity contribution >= 4 is 11.6 Å². The van der Waals surface area contributed by atoms with Gasteiger partial charge in [-0.15, -0.1) is 0 Å². The molecule has 1 aromatic rings. The lowest BCUT2D eigenvalue weighted by molar-refractivity contribution is 0.389. The molecule has 0 amide bonds. The lowest BCUT2D eigenvalue weighted by atomic mass is 10.0. The molecule has 0 heterocycles. The van der Waals surface area contributed by atoms with E-state index in [2.05, 4.69) is 12.3 Å². The Morgan fingerprint density at radius 3 is 2.75 bits per heavy atom. The Hall–Kier alpha value is -0.770. The minimum atomic E-state index is 0.128. The molecule has 1 saturated carbocycles. The number of hydrazine groups is 1. The van der Waals surface area contributed by atoms with E-state index >= 15 is 0 Å². The van der Waals surface area contributed by atoms with Gasteiger partial charge in [0, 0.05) is 10.6 Å². The molecule has 0 bridgehead atoms. The number of methoxy groups -OCH3 is 1. The highest BCUT2D eigenvalue weighted by molar-refractivity contribution is 6.30. The van der Waals surface area contributed by atoms with Gasteiger partial charge in [0.25, 0.3) is 0 Å². The number of nitrogens with two attached hydrogens (primary N) is 1. The van der Waals surface area contributed by atoms with Crippen LogP contribution in [0.1, 0.15) is 24.9 Å². The third-order valence-electron chi connectivity index (χ3n) is 3.31. The fraction of sp³-hybridized carbons (Fsp3) is 0.500. The standard InChI is InChI=1S/C12H17ClN2O/c1-7-5-9(7)12(15-14)10-6-8(13)3-4-11(10)16-2/h3-4,6-7,9,12,15H,5,14H2,1-2H3. The third-order valence-corrected chi connectivity index (χ3v) is 3.54. The van der Waals surface area contributed by atoms with Crippen molar-refractivity contribution < 1.29 is 4.74 Å². The Morgan fingerprint density at radius 1 is 1.56 bits per heavy atom. The van der Waals surface area contributed by atoms with Gasteiger partial charge in [0.2, 0.25) is 0 Å². The van der Waals surface area contributed by atoms with Gasteiger partial charge in [-0.05, 0) is 36.5 Å². The van der Waals surface area contributed by atoms with E-state index in [1.54, 1.807) is 7.11 Å². The first-order valence-electron chi connectivity index (χ1n) is 5.47. The second kappa shape index (κ2) is 4.62. The summed E-state index contributed by atoms with van der Waals surface area (Å²) in [6.45, 7) is 2.23. The number of rotatable bonds is 4. The summed E-state index contributed by atoms with van der Waals surface area (Å²) < 4.78 is 5.34. The van der Waals surface area contributed by atoms with Gasteiger partial charge in [-0.25, -0.2) is 0 Å². The van der Waals surface area contributed by atoms with E-state index in [1.165, 1.54) is 6.42 Å². The van der Waals surface area contributed by atoms with Crippen LogP contribution in [0.15, 0.2) is 18.2 Å². The van der Waals surface area contributed by atoms with Crippen LogP contribution >= 0.6 is 11.6 Å². The minimum Gasteiger partial charge on any atom is -0.496 e. The first-order chi connectivity index (χ1) is 7.67. The van der Waals surface area contributed by atoms with Crippen LogP contribution in [0.5, 0.6) is 5.75 Å². The van der Waals surface area contributed by atoms with Crippen molar-refractivity contribution in [2.45, 2.75) is 19.4 Å². The van der Waals surface area contributed by atoms with Crippen LogP contribution in [-0.2, 0) is 0 Å². The van der Waals surface area contributed by atoms with Crippen molar-refractivity contribution in [1.82, 2.24) is 5.43 Å². The van der Waals surface area contributed by atoms with E-state index in [0.29, 0.717) is 16.9 Å². The molecule has 3 atom stereocenters. The van der Waals surface area contributed by atoms with Crippen molar-refractivity contribution in [3.8, 4) is 5.75 Å². The van der Waals surface area contributed by atoms with Gasteiger partial charge in [-0.2, -0.15) is 0 Å². The molecular formula is C12H17ClN2O. The van der Waals surface area contributed by atoms with Crippen LogP contribution in [0.25, 0.3) is 0 Å². The Balaban J connectivity index is 2.32. The summed E-state index contributed by atoms with van der Waals surface area (Å²) in [5, 5.41) is 0.712. The molecule has 0 spiro atoms. The maximum absolute atomic E-state index is 6.01. The maximum atomic E-state index is 6.01. The summed E-state index contributed by atoms with van der Waals surface area (Å²) in [5.74, 6) is 7.77. The number of halogens is 1. The molecule has 1 aliphatic rings. The van der Waals surface area contributed by atoms with Gasteiger partial charge in [-0.1, -0.05) is 18.5 Å². The zero-order chi connectivity index (χ0) is 11.7. The smallest absolute Gasteiger partial charge is 0.123 e. The highest BCUT2D eigenvalue weighted by Crippen LogP contribution is 2.48. The van der Waals surface area contributed by atoms with Gasteiger partial charge in [-0.3, -0.25) is 11.3 Å². The van der Waals surface area contributed by atoms with Crippen molar-refractivity contribution in [2.75, 3.05) is 7.11 Å². The zero-order valence-corrected chi connectivity index (χ0v) is 10.3. The summed E-state index contributed by atoms with van der Waals surface area (Å²) >= 11 is 6.01. The monoisotopic (exact) mass is 240 g/mol. The van der Waals surface area contributed by atoms with E-state index in [4.69, 9.17) is 22.2 Å². The highest BCUT2D eigenvalue weighted by atomic mass is 35.5. The number of hydrogen-bond donors (Lipinski definition) is 2. The summed E-state index contributed by atoms with van der Waals surface area (Å²) in [6.07, 6.45) is 1.20. The largest absolute Gasteiger partial charge is 0.496 e. The average Bonchev–Trinajstić information content (AvgIpc) is 2.97. The maximum Gasteiger partial charge on any atom is 0.123 e. The van der Waals surface area contributed by atoms with Gasteiger partial charge < -0.3 is 4.74 Å². The Morgan fingerprint density at radius 2 is 2.25 bits per heavy atom.